The number of hydrogen-bond donors (Lipinski definition) is 3. The predicted octanol–water partition coefficient (Wildman–Crippen LogP) is 2.22. The van der Waals surface area contributed by atoms with E-state index in [9.17, 15) is 13.2 Å². The summed E-state index contributed by atoms with van der Waals surface area (Å²) in [7, 11) is -2.10. The minimum atomic E-state index is -3.62. The van der Waals surface area contributed by atoms with Crippen molar-refractivity contribution in [1.82, 2.24) is 20.3 Å². The molecule has 1 aromatic carbocycles. The molecule has 0 saturated heterocycles. The van der Waals surface area contributed by atoms with Crippen molar-refractivity contribution in [3.8, 4) is 11.4 Å². The van der Waals surface area contributed by atoms with Crippen LogP contribution in [-0.2, 0) is 15.6 Å². The summed E-state index contributed by atoms with van der Waals surface area (Å²) in [5.74, 6) is 0.140. The summed E-state index contributed by atoms with van der Waals surface area (Å²) >= 11 is 1.08. The van der Waals surface area contributed by atoms with Crippen LogP contribution in [0.3, 0.4) is 0 Å². The number of thiazole rings is 1. The number of hydrogen-bond acceptors (Lipinski definition) is 8. The third kappa shape index (κ3) is 4.61. The maximum absolute atomic E-state index is 12.6. The highest BCUT2D eigenvalue weighted by molar-refractivity contribution is 7.92. The molecule has 4 N–H and O–H groups in total. The number of sulfone groups is 1. The van der Waals surface area contributed by atoms with Crippen molar-refractivity contribution in [2.24, 2.45) is 0 Å². The Labute approximate surface area is 166 Å². The van der Waals surface area contributed by atoms with E-state index in [2.05, 4.69) is 25.6 Å². The number of nitrogens with two attached hydrogens (primary N) is 1. The first-order valence-corrected chi connectivity index (χ1v) is 10.7. The lowest BCUT2D eigenvalue weighted by atomic mass is 10.2. The normalized spacial score (nSPS) is 11.2. The van der Waals surface area contributed by atoms with E-state index in [1.165, 1.54) is 13.1 Å². The Bertz CT molecular complexity index is 1110. The van der Waals surface area contributed by atoms with Gasteiger partial charge in [-0.05, 0) is 31.2 Å². The molecule has 0 aliphatic carbocycles. The minimum Gasteiger partial charge on any atom is -0.384 e. The fraction of sp³-hybridized carbons (Fsp3) is 0.176. The molecular weight excluding hydrogens is 400 g/mol. The van der Waals surface area contributed by atoms with Crippen LogP contribution < -0.4 is 16.4 Å². The third-order valence-electron chi connectivity index (χ3n) is 3.63. The zero-order valence-electron chi connectivity index (χ0n) is 15.1. The maximum Gasteiger partial charge on any atom is 0.318 e. The Morgan fingerprint density at radius 3 is 2.50 bits per heavy atom. The number of nitrogens with one attached hydrogen (secondary N) is 2. The Kier molecular flexibility index (Phi) is 5.56. The highest BCUT2D eigenvalue weighted by Gasteiger charge is 2.21. The Morgan fingerprint density at radius 2 is 1.89 bits per heavy atom. The van der Waals surface area contributed by atoms with Crippen LogP contribution in [0.1, 0.15) is 11.4 Å². The molecule has 0 spiro atoms. The average Bonchev–Trinajstić information content (AvgIpc) is 3.09. The summed E-state index contributed by atoms with van der Waals surface area (Å²) in [6, 6.07) is 7.89. The largest absolute Gasteiger partial charge is 0.384 e. The van der Waals surface area contributed by atoms with E-state index in [0.717, 1.165) is 11.3 Å². The lowest BCUT2D eigenvalue weighted by Crippen LogP contribution is -2.24. The van der Waals surface area contributed by atoms with E-state index in [-0.39, 0.29) is 27.6 Å². The summed E-state index contributed by atoms with van der Waals surface area (Å²) in [4.78, 5) is 23.9. The predicted molar refractivity (Wildman–Crippen MR) is 108 cm³/mol. The van der Waals surface area contributed by atoms with E-state index in [1.807, 2.05) is 0 Å². The van der Waals surface area contributed by atoms with Crippen LogP contribution in [0.25, 0.3) is 11.4 Å². The van der Waals surface area contributed by atoms with Gasteiger partial charge in [0.15, 0.2) is 5.82 Å². The van der Waals surface area contributed by atoms with Crippen molar-refractivity contribution in [3.05, 3.63) is 47.1 Å². The summed E-state index contributed by atoms with van der Waals surface area (Å²) < 4.78 is 25.2. The van der Waals surface area contributed by atoms with Crippen LogP contribution in [0.5, 0.6) is 0 Å². The van der Waals surface area contributed by atoms with E-state index in [1.54, 1.807) is 36.6 Å². The van der Waals surface area contributed by atoms with Crippen molar-refractivity contribution >= 4 is 38.7 Å². The van der Waals surface area contributed by atoms with Crippen LogP contribution in [-0.4, -0.2) is 36.4 Å². The van der Waals surface area contributed by atoms with E-state index in [0.29, 0.717) is 22.8 Å². The van der Waals surface area contributed by atoms with Gasteiger partial charge in [-0.2, -0.15) is 0 Å². The topological polar surface area (TPSA) is 140 Å². The first-order valence-electron chi connectivity index (χ1n) is 8.14. The number of carbonyl (C=O) groups excluding carboxylic acids is 1. The molecule has 3 aromatic rings. The zero-order chi connectivity index (χ0) is 20.3. The van der Waals surface area contributed by atoms with Gasteiger partial charge in [0.2, 0.25) is 14.2 Å². The SMILES string of the molecule is CNC(=O)Nc1ccc(-c2nc(N)cc(CS(=O)(=O)c3nc(C)cs3)n2)cc1. The van der Waals surface area contributed by atoms with E-state index >= 15 is 0 Å². The number of anilines is 2. The van der Waals surface area contributed by atoms with Gasteiger partial charge in [0.05, 0.1) is 11.4 Å². The Morgan fingerprint density at radius 1 is 1.18 bits per heavy atom. The maximum atomic E-state index is 12.6. The Balaban J connectivity index is 1.86. The monoisotopic (exact) mass is 418 g/mol. The van der Waals surface area contributed by atoms with Gasteiger partial charge < -0.3 is 16.4 Å². The minimum absolute atomic E-state index is 0.0494. The van der Waals surface area contributed by atoms with Crippen LogP contribution >= 0.6 is 11.3 Å². The number of aromatic nitrogens is 3. The molecular formula is C17H18N6O3S2. The number of carbonyl (C=O) groups is 1. The van der Waals surface area contributed by atoms with Gasteiger partial charge in [-0.25, -0.2) is 28.2 Å². The quantitative estimate of drug-likeness (QED) is 0.577. The molecule has 2 amide bonds. The molecule has 28 heavy (non-hydrogen) atoms. The number of nitrogens with zero attached hydrogens (tertiary/aromatic N) is 3. The molecule has 0 aliphatic rings. The number of rotatable bonds is 5. The standard InChI is InChI=1S/C17H18N6O3S2/c1-10-8-27-17(20-10)28(25,26)9-13-7-14(18)23-15(21-13)11-3-5-12(6-4-11)22-16(24)19-2/h3-8H,9H2,1-2H3,(H2,18,21,23)(H2,19,22,24). The fourth-order valence-corrected chi connectivity index (χ4v) is 4.72. The summed E-state index contributed by atoms with van der Waals surface area (Å²) in [5.41, 5.74) is 8.01. The Hall–Kier alpha value is -3.05. The molecule has 0 atom stereocenters. The van der Waals surface area contributed by atoms with E-state index in [4.69, 9.17) is 5.73 Å². The second-order valence-corrected chi connectivity index (χ2v) is 8.92. The zero-order valence-corrected chi connectivity index (χ0v) is 16.8. The summed E-state index contributed by atoms with van der Waals surface area (Å²) in [6.07, 6.45) is 0. The van der Waals surface area contributed by atoms with Crippen molar-refractivity contribution in [1.29, 1.82) is 0 Å². The average molecular weight is 419 g/mol. The number of aryl methyl sites for hydroxylation is 1. The molecule has 0 fully saturated rings. The molecule has 0 aliphatic heterocycles. The van der Waals surface area contributed by atoms with Crippen molar-refractivity contribution in [2.45, 2.75) is 17.0 Å². The molecule has 0 unspecified atom stereocenters. The van der Waals surface area contributed by atoms with Crippen LogP contribution in [0.15, 0.2) is 40.1 Å². The third-order valence-corrected chi connectivity index (χ3v) is 6.73. The number of benzene rings is 1. The highest BCUT2D eigenvalue weighted by Crippen LogP contribution is 2.23. The van der Waals surface area contributed by atoms with Gasteiger partial charge in [0.1, 0.15) is 5.82 Å². The second-order valence-electron chi connectivity index (χ2n) is 5.90. The molecule has 11 heteroatoms. The van der Waals surface area contributed by atoms with Gasteiger partial charge >= 0.3 is 6.03 Å². The molecule has 9 nitrogen and oxygen atoms in total. The van der Waals surface area contributed by atoms with Gasteiger partial charge in [0, 0.05) is 35.4 Å². The van der Waals surface area contributed by atoms with Crippen molar-refractivity contribution in [3.63, 3.8) is 0 Å². The molecule has 0 radical (unpaired) electrons. The smallest absolute Gasteiger partial charge is 0.318 e. The highest BCUT2D eigenvalue weighted by atomic mass is 32.2. The molecule has 2 heterocycles. The van der Waals surface area contributed by atoms with Crippen molar-refractivity contribution in [2.75, 3.05) is 18.1 Å². The molecule has 0 bridgehead atoms. The first kappa shape index (κ1) is 19.7. The molecule has 0 saturated carbocycles. The first-order chi connectivity index (χ1) is 13.3. The summed E-state index contributed by atoms with van der Waals surface area (Å²) in [6.45, 7) is 1.74. The van der Waals surface area contributed by atoms with Gasteiger partial charge in [-0.3, -0.25) is 0 Å². The van der Waals surface area contributed by atoms with Gasteiger partial charge in [0.25, 0.3) is 0 Å². The summed E-state index contributed by atoms with van der Waals surface area (Å²) in [5, 5.41) is 6.78. The number of urea groups is 1. The molecule has 2 aromatic heterocycles. The number of nitrogen functional groups attached to an aromatic ring is 1. The molecule has 146 valence electrons. The van der Waals surface area contributed by atoms with Crippen LogP contribution in [0.2, 0.25) is 0 Å². The second kappa shape index (κ2) is 7.90. The van der Waals surface area contributed by atoms with Crippen LogP contribution in [0, 0.1) is 6.92 Å². The molecule has 3 rings (SSSR count). The number of amides is 2. The van der Waals surface area contributed by atoms with Crippen molar-refractivity contribution < 1.29 is 13.2 Å². The lowest BCUT2D eigenvalue weighted by Gasteiger charge is -2.08. The van der Waals surface area contributed by atoms with Crippen LogP contribution in [0.4, 0.5) is 16.3 Å². The van der Waals surface area contributed by atoms with E-state index < -0.39 is 9.84 Å². The van der Waals surface area contributed by atoms with Gasteiger partial charge in [-0.15, -0.1) is 11.3 Å². The lowest BCUT2D eigenvalue weighted by molar-refractivity contribution is 0.254. The van der Waals surface area contributed by atoms with Gasteiger partial charge in [-0.1, -0.05) is 0 Å². The fourth-order valence-electron chi connectivity index (χ4n) is 2.35.